The second-order valence-electron chi connectivity index (χ2n) is 24.4. The van der Waals surface area contributed by atoms with Crippen molar-refractivity contribution in [3.8, 4) is 54.3 Å². The molecule has 0 aliphatic carbocycles. The average Bonchev–Trinajstić information content (AvgIpc) is 0.926. The van der Waals surface area contributed by atoms with Gasteiger partial charge in [-0.05, 0) is 260 Å². The smallest absolute Gasteiger partial charge is 0.0462 e. The minimum Gasteiger partial charge on any atom is -0.311 e. The molecule has 97 heavy (non-hydrogen) atoms. The molecule has 2 aromatic heterocycles. The van der Waals surface area contributed by atoms with Crippen LogP contribution in [0.5, 0.6) is 0 Å². The van der Waals surface area contributed by atoms with E-state index in [1.807, 2.05) is 28.7 Å². The predicted octanol–water partition coefficient (Wildman–Crippen LogP) is 27.6. The fourth-order valence-electron chi connectivity index (χ4n) is 12.6. The molecule has 470 valence electrons. The zero-order valence-electron chi connectivity index (χ0n) is 55.0. The number of benzene rings is 12. The molecule has 0 amide bonds. The summed E-state index contributed by atoms with van der Waals surface area (Å²) in [4.78, 5) is 14.5. The number of para-hydroxylation sites is 3. The van der Waals surface area contributed by atoms with Gasteiger partial charge in [-0.2, -0.15) is 0 Å². The number of allylic oxidation sites excluding steroid dienone is 5. The van der Waals surface area contributed by atoms with Gasteiger partial charge in [0.15, 0.2) is 0 Å². The van der Waals surface area contributed by atoms with E-state index in [1.165, 1.54) is 47.3 Å². The van der Waals surface area contributed by atoms with Gasteiger partial charge in [-0.1, -0.05) is 188 Å². The molecule has 0 aliphatic heterocycles. The van der Waals surface area contributed by atoms with E-state index in [1.54, 1.807) is 0 Å². The minimum atomic E-state index is 0.881. The average molecular weight is 1290 g/mol. The van der Waals surface area contributed by atoms with Crippen LogP contribution in [-0.4, -0.2) is 0 Å². The summed E-state index contributed by atoms with van der Waals surface area (Å²) in [5, 5.41) is 0. The molecule has 0 bridgehead atoms. The fraction of sp³-hybridized carbons (Fsp3) is 0.0549. The van der Waals surface area contributed by atoms with Crippen LogP contribution in [0.3, 0.4) is 0 Å². The Kier molecular flexibility index (Phi) is 18.8. The number of aryl methyl sites for hydroxylation is 2. The second-order valence-corrected chi connectivity index (χ2v) is 27.0. The number of thiophene rings is 2. The van der Waals surface area contributed by atoms with Crippen LogP contribution in [0, 0.1) is 13.8 Å². The lowest BCUT2D eigenvalue weighted by Crippen LogP contribution is -2.10. The standard InChI is InChI=1S/C91H74N4S2/c1-6-16-65(2)23-24-66(3)69-27-45-81(46-28-69)92(78-17-10-7-11-18-78)82-47-29-70(30-48-82)73-35-53-85(54-36-73)95(86-55-37-74(38-56-86)71-31-49-83(50-32-71)93(79-19-12-8-13-20-79)88-59-41-76(42-60-88)90-63-25-67(4)96-90)87-57-39-75(40-58-87)72-33-51-84(52-34-72)94(80-21-14-9-15-22-80)89-61-43-77(44-62-89)91-64-26-68(5)97-91/h6-15,17-64H,1,16H2,2-5H3/b65-23-,66-24+. The van der Waals surface area contributed by atoms with E-state index >= 15 is 0 Å². The molecule has 6 heteroatoms. The Balaban J connectivity index is 0.756. The first-order chi connectivity index (χ1) is 47.7. The third-order valence-electron chi connectivity index (χ3n) is 17.8. The molecular formula is C91H74N4S2. The Labute approximate surface area is 579 Å². The van der Waals surface area contributed by atoms with Crippen molar-refractivity contribution >= 4 is 96.5 Å². The molecule has 12 aromatic carbocycles. The molecule has 0 N–H and O–H groups in total. The van der Waals surface area contributed by atoms with Crippen LogP contribution in [0.2, 0.25) is 0 Å². The number of anilines is 12. The molecule has 2 heterocycles. The molecule has 14 rings (SSSR count). The lowest BCUT2D eigenvalue weighted by molar-refractivity contribution is 1.22. The first-order valence-electron chi connectivity index (χ1n) is 33.0. The SMILES string of the molecule is C=CC/C(C)=C\C=C(/C)c1ccc(N(c2ccccc2)c2ccc(-c3ccc(N(c4ccc(-c5ccc(N(c6ccccc6)c6ccc(-c7ccc(C)s7)cc6)cc5)cc4)c4ccc(-c5ccc(N(c6ccccc6)c6ccc(-c7ccc(C)s7)cc6)cc5)cc4)cc3)cc2)cc1. The van der Waals surface area contributed by atoms with Crippen molar-refractivity contribution in [1.29, 1.82) is 0 Å². The summed E-state index contributed by atoms with van der Waals surface area (Å²) in [5.74, 6) is 0. The van der Waals surface area contributed by atoms with Crippen LogP contribution in [0.15, 0.2) is 364 Å². The molecule has 0 spiro atoms. The van der Waals surface area contributed by atoms with Crippen molar-refractivity contribution in [2.45, 2.75) is 34.1 Å². The van der Waals surface area contributed by atoms with Gasteiger partial charge in [-0.15, -0.1) is 29.3 Å². The highest BCUT2D eigenvalue weighted by molar-refractivity contribution is 7.15. The highest BCUT2D eigenvalue weighted by atomic mass is 32.1. The van der Waals surface area contributed by atoms with Crippen molar-refractivity contribution in [2.75, 3.05) is 19.6 Å². The summed E-state index contributed by atoms with van der Waals surface area (Å²) in [6, 6.07) is 121. The van der Waals surface area contributed by atoms with Crippen molar-refractivity contribution in [3.05, 3.63) is 379 Å². The summed E-state index contributed by atoms with van der Waals surface area (Å²) in [7, 11) is 0. The van der Waals surface area contributed by atoms with Gasteiger partial charge >= 0.3 is 0 Å². The largest absolute Gasteiger partial charge is 0.311 e. The van der Waals surface area contributed by atoms with Crippen LogP contribution in [0.25, 0.3) is 59.8 Å². The van der Waals surface area contributed by atoms with Crippen LogP contribution in [-0.2, 0) is 0 Å². The first kappa shape index (κ1) is 62.9. The van der Waals surface area contributed by atoms with Crippen molar-refractivity contribution in [2.24, 2.45) is 0 Å². The molecule has 14 aromatic rings. The number of hydrogen-bond acceptors (Lipinski definition) is 6. The summed E-state index contributed by atoms with van der Waals surface area (Å²) in [6.07, 6.45) is 7.21. The summed E-state index contributed by atoms with van der Waals surface area (Å²) in [5.41, 5.74) is 26.0. The van der Waals surface area contributed by atoms with E-state index < -0.39 is 0 Å². The van der Waals surface area contributed by atoms with E-state index in [-0.39, 0.29) is 0 Å². The van der Waals surface area contributed by atoms with E-state index in [9.17, 15) is 0 Å². The molecule has 0 saturated carbocycles. The Hall–Kier alpha value is -11.5. The van der Waals surface area contributed by atoms with Crippen LogP contribution < -0.4 is 19.6 Å². The van der Waals surface area contributed by atoms with Crippen LogP contribution >= 0.6 is 22.7 Å². The van der Waals surface area contributed by atoms with Crippen molar-refractivity contribution in [3.63, 3.8) is 0 Å². The van der Waals surface area contributed by atoms with E-state index in [2.05, 4.69) is 400 Å². The van der Waals surface area contributed by atoms with E-state index in [4.69, 9.17) is 0 Å². The molecule has 0 aliphatic rings. The molecule has 0 atom stereocenters. The van der Waals surface area contributed by atoms with Gasteiger partial charge in [0.25, 0.3) is 0 Å². The first-order valence-corrected chi connectivity index (χ1v) is 34.7. The molecule has 4 nitrogen and oxygen atoms in total. The lowest BCUT2D eigenvalue weighted by atomic mass is 10.0. The van der Waals surface area contributed by atoms with Crippen molar-refractivity contribution in [1.82, 2.24) is 0 Å². The number of rotatable bonds is 21. The monoisotopic (exact) mass is 1290 g/mol. The zero-order valence-corrected chi connectivity index (χ0v) is 56.6. The lowest BCUT2D eigenvalue weighted by Gasteiger charge is -2.27. The molecule has 0 unspecified atom stereocenters. The second kappa shape index (κ2) is 29.0. The Morgan fingerprint density at radius 2 is 0.495 bits per heavy atom. The van der Waals surface area contributed by atoms with Gasteiger partial charge in [-0.3, -0.25) is 0 Å². The van der Waals surface area contributed by atoms with Crippen LogP contribution in [0.1, 0.15) is 35.6 Å². The Morgan fingerprint density at radius 1 is 0.268 bits per heavy atom. The summed E-state index contributed by atoms with van der Waals surface area (Å²) in [6.45, 7) is 12.5. The van der Waals surface area contributed by atoms with Crippen LogP contribution in [0.4, 0.5) is 68.2 Å². The maximum absolute atomic E-state index is 3.90. The quantitative estimate of drug-likeness (QED) is 0.0525. The van der Waals surface area contributed by atoms with E-state index in [0.29, 0.717) is 0 Å². The number of nitrogens with zero attached hydrogens (tertiary/aromatic N) is 4. The topological polar surface area (TPSA) is 13.0 Å². The van der Waals surface area contributed by atoms with Gasteiger partial charge in [0, 0.05) is 87.8 Å². The Morgan fingerprint density at radius 3 is 0.722 bits per heavy atom. The maximum Gasteiger partial charge on any atom is 0.0462 e. The third-order valence-corrected chi connectivity index (χ3v) is 19.9. The third kappa shape index (κ3) is 14.3. The van der Waals surface area contributed by atoms with E-state index in [0.717, 1.165) is 108 Å². The molecule has 0 fully saturated rings. The number of hydrogen-bond donors (Lipinski definition) is 0. The molecule has 0 saturated heterocycles. The summed E-state index contributed by atoms with van der Waals surface area (Å²) >= 11 is 3.65. The van der Waals surface area contributed by atoms with Gasteiger partial charge in [0.05, 0.1) is 0 Å². The van der Waals surface area contributed by atoms with Gasteiger partial charge in [-0.25, -0.2) is 0 Å². The Bertz CT molecular complexity index is 4770. The fourth-order valence-corrected chi connectivity index (χ4v) is 14.3. The minimum absolute atomic E-state index is 0.881. The van der Waals surface area contributed by atoms with Crippen molar-refractivity contribution < 1.29 is 0 Å². The van der Waals surface area contributed by atoms with Gasteiger partial charge in [0.1, 0.15) is 0 Å². The maximum atomic E-state index is 3.90. The van der Waals surface area contributed by atoms with Gasteiger partial charge < -0.3 is 19.6 Å². The zero-order chi connectivity index (χ0) is 66.0. The highest BCUT2D eigenvalue weighted by Crippen LogP contribution is 2.43. The predicted molar refractivity (Wildman–Crippen MR) is 420 cm³/mol. The molecule has 0 radical (unpaired) electrons. The summed E-state index contributed by atoms with van der Waals surface area (Å²) < 4.78 is 0. The highest BCUT2D eigenvalue weighted by Gasteiger charge is 2.19. The van der Waals surface area contributed by atoms with Gasteiger partial charge in [0.2, 0.25) is 0 Å². The molecular weight excluding hydrogens is 1210 g/mol. The normalized spacial score (nSPS) is 11.5.